The Kier molecular flexibility index (Phi) is 4.88. The fourth-order valence-electron chi connectivity index (χ4n) is 2.62. The Morgan fingerprint density at radius 1 is 1.43 bits per heavy atom. The van der Waals surface area contributed by atoms with Crippen LogP contribution in [0.5, 0.6) is 0 Å². The molecule has 21 heavy (non-hydrogen) atoms. The van der Waals surface area contributed by atoms with E-state index >= 15 is 0 Å². The lowest BCUT2D eigenvalue weighted by atomic mass is 10.0. The van der Waals surface area contributed by atoms with E-state index in [-0.39, 0.29) is 17.9 Å². The van der Waals surface area contributed by atoms with E-state index in [1.54, 1.807) is 0 Å². The van der Waals surface area contributed by atoms with Crippen LogP contribution < -0.4 is 0 Å². The van der Waals surface area contributed by atoms with Crippen LogP contribution >= 0.6 is 11.6 Å². The summed E-state index contributed by atoms with van der Waals surface area (Å²) in [5.41, 5.74) is 2.97. The molecule has 0 aliphatic heterocycles. The summed E-state index contributed by atoms with van der Waals surface area (Å²) >= 11 is 5.90. The van der Waals surface area contributed by atoms with Gasteiger partial charge >= 0.3 is 5.97 Å². The molecule has 0 radical (unpaired) electrons. The largest absolute Gasteiger partial charge is 0.467 e. The number of carbonyl (C=O) groups is 1. The smallest absolute Gasteiger partial charge is 0.329 e. The fraction of sp³-hybridized carbons (Fsp3) is 0.500. The number of hydrogen-bond acceptors (Lipinski definition) is 3. The van der Waals surface area contributed by atoms with Crippen LogP contribution in [0.3, 0.4) is 0 Å². The highest BCUT2D eigenvalue weighted by Crippen LogP contribution is 2.28. The van der Waals surface area contributed by atoms with E-state index < -0.39 is 0 Å². The number of imidazole rings is 1. The standard InChI is InChI=1S/C16H21ClN2O2/c1-10(2)15(16(20)21-4)19-13-9-11(3)5-6-12(13)18-14(19)7-8-17/h5-6,9-10,15H,7-8H2,1-4H3. The van der Waals surface area contributed by atoms with Crippen LogP contribution in [-0.4, -0.2) is 28.5 Å². The summed E-state index contributed by atoms with van der Waals surface area (Å²) in [7, 11) is 1.42. The number of esters is 1. The van der Waals surface area contributed by atoms with E-state index in [0.29, 0.717) is 12.3 Å². The van der Waals surface area contributed by atoms with E-state index in [1.165, 1.54) is 7.11 Å². The number of ether oxygens (including phenoxy) is 1. The number of aromatic nitrogens is 2. The van der Waals surface area contributed by atoms with Crippen LogP contribution in [-0.2, 0) is 16.0 Å². The number of carbonyl (C=O) groups excluding carboxylic acids is 1. The van der Waals surface area contributed by atoms with Gasteiger partial charge in [-0.3, -0.25) is 0 Å². The molecule has 1 aromatic heterocycles. The molecule has 114 valence electrons. The van der Waals surface area contributed by atoms with Crippen molar-refractivity contribution in [3.8, 4) is 0 Å². The van der Waals surface area contributed by atoms with E-state index in [0.717, 1.165) is 22.4 Å². The molecule has 0 aliphatic carbocycles. The predicted molar refractivity (Wildman–Crippen MR) is 84.8 cm³/mol. The van der Waals surface area contributed by atoms with Gasteiger partial charge in [-0.2, -0.15) is 0 Å². The Hall–Kier alpha value is -1.55. The number of halogens is 1. The molecule has 1 atom stereocenters. The number of nitrogens with zero attached hydrogens (tertiary/aromatic N) is 2. The summed E-state index contributed by atoms with van der Waals surface area (Å²) in [6, 6.07) is 5.67. The minimum atomic E-state index is -0.389. The third kappa shape index (κ3) is 3.05. The number of fused-ring (bicyclic) bond motifs is 1. The van der Waals surface area contributed by atoms with Crippen molar-refractivity contribution in [3.63, 3.8) is 0 Å². The van der Waals surface area contributed by atoms with Crippen molar-refractivity contribution in [2.75, 3.05) is 13.0 Å². The molecule has 2 rings (SSSR count). The lowest BCUT2D eigenvalue weighted by Gasteiger charge is -2.23. The van der Waals surface area contributed by atoms with Gasteiger partial charge in [-0.1, -0.05) is 19.9 Å². The van der Waals surface area contributed by atoms with Gasteiger partial charge in [0, 0.05) is 12.3 Å². The van der Waals surface area contributed by atoms with Crippen LogP contribution in [0.1, 0.15) is 31.3 Å². The first-order valence-electron chi connectivity index (χ1n) is 7.10. The average Bonchev–Trinajstić information content (AvgIpc) is 2.77. The number of aryl methyl sites for hydroxylation is 2. The molecule has 0 saturated heterocycles. The lowest BCUT2D eigenvalue weighted by Crippen LogP contribution is -2.27. The molecule has 0 amide bonds. The molecule has 5 heteroatoms. The highest BCUT2D eigenvalue weighted by atomic mass is 35.5. The SMILES string of the molecule is COC(=O)C(C(C)C)n1c(CCCl)nc2ccc(C)cc21. The van der Waals surface area contributed by atoms with E-state index in [1.807, 2.05) is 37.5 Å². The van der Waals surface area contributed by atoms with E-state index in [2.05, 4.69) is 11.1 Å². The first-order valence-corrected chi connectivity index (χ1v) is 7.64. The predicted octanol–water partition coefficient (Wildman–Crippen LogP) is 3.50. The number of rotatable bonds is 5. The summed E-state index contributed by atoms with van der Waals surface area (Å²) in [4.78, 5) is 16.9. The Morgan fingerprint density at radius 3 is 2.71 bits per heavy atom. The number of alkyl halides is 1. The molecule has 1 unspecified atom stereocenters. The van der Waals surface area contributed by atoms with Crippen molar-refractivity contribution in [2.45, 2.75) is 33.2 Å². The number of methoxy groups -OCH3 is 1. The maximum Gasteiger partial charge on any atom is 0.329 e. The molecule has 2 aromatic rings. The summed E-state index contributed by atoms with van der Waals surface area (Å²) < 4.78 is 6.98. The molecule has 0 N–H and O–H groups in total. The van der Waals surface area contributed by atoms with Gasteiger partial charge in [0.1, 0.15) is 11.9 Å². The second kappa shape index (κ2) is 6.48. The lowest BCUT2D eigenvalue weighted by molar-refractivity contribution is -0.146. The van der Waals surface area contributed by atoms with Gasteiger partial charge in [-0.15, -0.1) is 11.6 Å². The van der Waals surface area contributed by atoms with Crippen LogP contribution in [0, 0.1) is 12.8 Å². The van der Waals surface area contributed by atoms with Gasteiger partial charge in [0.05, 0.1) is 18.1 Å². The molecule has 0 fully saturated rings. The van der Waals surface area contributed by atoms with Gasteiger partial charge in [0.15, 0.2) is 0 Å². The molecule has 4 nitrogen and oxygen atoms in total. The highest BCUT2D eigenvalue weighted by Gasteiger charge is 2.29. The zero-order chi connectivity index (χ0) is 15.6. The Balaban J connectivity index is 2.70. The molecular weight excluding hydrogens is 288 g/mol. The fourth-order valence-corrected chi connectivity index (χ4v) is 2.79. The Morgan fingerprint density at radius 2 is 2.14 bits per heavy atom. The molecule has 0 saturated carbocycles. The summed E-state index contributed by atoms with van der Waals surface area (Å²) in [5.74, 6) is 1.15. The summed E-state index contributed by atoms with van der Waals surface area (Å²) in [5, 5.41) is 0. The van der Waals surface area contributed by atoms with Crippen molar-refractivity contribution < 1.29 is 9.53 Å². The minimum absolute atomic E-state index is 0.101. The third-order valence-corrected chi connectivity index (χ3v) is 3.78. The zero-order valence-corrected chi connectivity index (χ0v) is 13.6. The average molecular weight is 309 g/mol. The van der Waals surface area contributed by atoms with Gasteiger partial charge in [-0.05, 0) is 30.5 Å². The van der Waals surface area contributed by atoms with Crippen molar-refractivity contribution in [1.82, 2.24) is 9.55 Å². The Labute approximate surface area is 130 Å². The third-order valence-electron chi connectivity index (χ3n) is 3.59. The quantitative estimate of drug-likeness (QED) is 0.627. The molecule has 0 spiro atoms. The summed E-state index contributed by atoms with van der Waals surface area (Å²) in [6.07, 6.45) is 0.621. The van der Waals surface area contributed by atoms with Crippen molar-refractivity contribution in [3.05, 3.63) is 29.6 Å². The minimum Gasteiger partial charge on any atom is -0.467 e. The first kappa shape index (κ1) is 15.8. The zero-order valence-electron chi connectivity index (χ0n) is 12.9. The van der Waals surface area contributed by atoms with Gasteiger partial charge in [-0.25, -0.2) is 9.78 Å². The second-order valence-electron chi connectivity index (χ2n) is 5.54. The first-order chi connectivity index (χ1) is 9.99. The van der Waals surface area contributed by atoms with E-state index in [9.17, 15) is 4.79 Å². The summed E-state index contributed by atoms with van der Waals surface area (Å²) in [6.45, 7) is 6.04. The van der Waals surface area contributed by atoms with Crippen LogP contribution in [0.2, 0.25) is 0 Å². The molecular formula is C16H21ClN2O2. The van der Waals surface area contributed by atoms with Crippen LogP contribution in [0.4, 0.5) is 0 Å². The van der Waals surface area contributed by atoms with E-state index in [4.69, 9.17) is 16.3 Å². The van der Waals surface area contributed by atoms with Crippen molar-refractivity contribution >= 4 is 28.6 Å². The van der Waals surface area contributed by atoms with Crippen LogP contribution in [0.25, 0.3) is 11.0 Å². The van der Waals surface area contributed by atoms with Crippen molar-refractivity contribution in [1.29, 1.82) is 0 Å². The van der Waals surface area contributed by atoms with Gasteiger partial charge < -0.3 is 9.30 Å². The van der Waals surface area contributed by atoms with Crippen LogP contribution in [0.15, 0.2) is 18.2 Å². The molecule has 0 bridgehead atoms. The van der Waals surface area contributed by atoms with Gasteiger partial charge in [0.2, 0.25) is 0 Å². The van der Waals surface area contributed by atoms with Crippen molar-refractivity contribution in [2.24, 2.45) is 5.92 Å². The normalized spacial score (nSPS) is 12.9. The highest BCUT2D eigenvalue weighted by molar-refractivity contribution is 6.17. The molecule has 1 aromatic carbocycles. The second-order valence-corrected chi connectivity index (χ2v) is 5.92. The van der Waals surface area contributed by atoms with Gasteiger partial charge in [0.25, 0.3) is 0 Å². The molecule has 0 aliphatic rings. The topological polar surface area (TPSA) is 44.1 Å². The molecule has 1 heterocycles. The number of benzene rings is 1. The number of hydrogen-bond donors (Lipinski definition) is 0. The monoisotopic (exact) mass is 308 g/mol. The Bertz CT molecular complexity index is 649. The maximum absolute atomic E-state index is 12.2. The maximum atomic E-state index is 12.2.